The summed E-state index contributed by atoms with van der Waals surface area (Å²) < 4.78 is 13.5. The third kappa shape index (κ3) is 2.94. The molecule has 2 aromatic rings. The van der Waals surface area contributed by atoms with Crippen LogP contribution in [0, 0.1) is 5.82 Å². The first-order chi connectivity index (χ1) is 11.7. The Morgan fingerprint density at radius 3 is 2.88 bits per heavy atom. The fourth-order valence-electron chi connectivity index (χ4n) is 3.68. The van der Waals surface area contributed by atoms with Crippen molar-refractivity contribution in [3.8, 4) is 0 Å². The summed E-state index contributed by atoms with van der Waals surface area (Å²) in [5.41, 5.74) is 3.17. The first kappa shape index (κ1) is 15.3. The van der Waals surface area contributed by atoms with Gasteiger partial charge in [0.1, 0.15) is 11.7 Å². The van der Waals surface area contributed by atoms with E-state index in [0.717, 1.165) is 43.0 Å². The molecule has 4 rings (SSSR count). The number of fused-ring (bicyclic) bond motifs is 2. The molecular weight excluding hydrogens is 301 g/mol. The molecular formula is C20H22FN3. The molecule has 2 unspecified atom stereocenters. The monoisotopic (exact) mass is 323 g/mol. The molecule has 0 aromatic heterocycles. The van der Waals surface area contributed by atoms with E-state index in [1.54, 1.807) is 12.1 Å². The average molecular weight is 323 g/mol. The van der Waals surface area contributed by atoms with Crippen LogP contribution in [0.4, 0.5) is 10.1 Å². The second-order valence-electron chi connectivity index (χ2n) is 6.66. The van der Waals surface area contributed by atoms with Gasteiger partial charge in [-0.3, -0.25) is 0 Å². The van der Waals surface area contributed by atoms with Crippen LogP contribution >= 0.6 is 0 Å². The Morgan fingerprint density at radius 1 is 1.21 bits per heavy atom. The number of nitrogens with zero attached hydrogens (tertiary/aromatic N) is 2. The molecule has 0 aliphatic carbocycles. The highest BCUT2D eigenvalue weighted by Gasteiger charge is 2.31. The van der Waals surface area contributed by atoms with Gasteiger partial charge in [-0.25, -0.2) is 9.38 Å². The lowest BCUT2D eigenvalue weighted by Gasteiger charge is -2.40. The van der Waals surface area contributed by atoms with Crippen molar-refractivity contribution in [2.75, 3.05) is 6.54 Å². The summed E-state index contributed by atoms with van der Waals surface area (Å²) in [5, 5.41) is 3.73. The van der Waals surface area contributed by atoms with E-state index in [4.69, 9.17) is 4.99 Å². The Balaban J connectivity index is 1.59. The first-order valence-corrected chi connectivity index (χ1v) is 8.63. The fourth-order valence-corrected chi connectivity index (χ4v) is 3.68. The van der Waals surface area contributed by atoms with E-state index in [0.29, 0.717) is 0 Å². The minimum absolute atomic E-state index is 0.184. The van der Waals surface area contributed by atoms with Crippen LogP contribution in [-0.2, 0) is 6.54 Å². The fraction of sp³-hybridized carbons (Fsp3) is 0.350. The highest BCUT2D eigenvalue weighted by atomic mass is 19.1. The minimum Gasteiger partial charge on any atom is -0.354 e. The largest absolute Gasteiger partial charge is 0.354 e. The highest BCUT2D eigenvalue weighted by molar-refractivity contribution is 5.92. The second kappa shape index (κ2) is 6.36. The summed E-state index contributed by atoms with van der Waals surface area (Å²) in [6.45, 7) is 3.94. The summed E-state index contributed by atoms with van der Waals surface area (Å²) >= 11 is 0. The van der Waals surface area contributed by atoms with E-state index in [-0.39, 0.29) is 17.9 Å². The number of hydrogen-bond acceptors (Lipinski definition) is 3. The molecule has 0 spiro atoms. The third-order valence-electron chi connectivity index (χ3n) is 4.95. The normalized spacial score (nSPS) is 20.8. The van der Waals surface area contributed by atoms with E-state index in [1.165, 1.54) is 11.6 Å². The number of hydrogen-bond donors (Lipinski definition) is 1. The van der Waals surface area contributed by atoms with Crippen molar-refractivity contribution in [2.24, 2.45) is 4.99 Å². The van der Waals surface area contributed by atoms with Gasteiger partial charge in [-0.15, -0.1) is 0 Å². The average Bonchev–Trinajstić information content (AvgIpc) is 2.61. The molecule has 24 heavy (non-hydrogen) atoms. The van der Waals surface area contributed by atoms with Gasteiger partial charge in [-0.1, -0.05) is 30.3 Å². The number of halogens is 1. The van der Waals surface area contributed by atoms with Crippen LogP contribution in [-0.4, -0.2) is 23.3 Å². The Hall–Kier alpha value is -2.20. The molecule has 2 aliphatic heterocycles. The van der Waals surface area contributed by atoms with Crippen LogP contribution in [0.15, 0.2) is 53.5 Å². The zero-order valence-electron chi connectivity index (χ0n) is 13.9. The predicted octanol–water partition coefficient (Wildman–Crippen LogP) is 4.18. The predicted molar refractivity (Wildman–Crippen MR) is 94.9 cm³/mol. The zero-order valence-corrected chi connectivity index (χ0v) is 13.9. The lowest BCUT2D eigenvalue weighted by Crippen LogP contribution is -2.51. The second-order valence-corrected chi connectivity index (χ2v) is 6.66. The molecule has 2 atom stereocenters. The minimum atomic E-state index is -0.184. The molecule has 0 amide bonds. The molecule has 0 radical (unpaired) electrons. The van der Waals surface area contributed by atoms with Gasteiger partial charge in [0.05, 0.1) is 11.7 Å². The smallest absolute Gasteiger partial charge is 0.123 e. The maximum Gasteiger partial charge on any atom is 0.123 e. The van der Waals surface area contributed by atoms with E-state index in [9.17, 15) is 4.39 Å². The Bertz CT molecular complexity index is 757. The van der Waals surface area contributed by atoms with Crippen LogP contribution < -0.4 is 5.32 Å². The van der Waals surface area contributed by atoms with Gasteiger partial charge in [-0.2, -0.15) is 0 Å². The molecule has 2 aromatic carbocycles. The summed E-state index contributed by atoms with van der Waals surface area (Å²) in [5.74, 6) is 0.917. The molecule has 1 N–H and O–H groups in total. The van der Waals surface area contributed by atoms with Crippen LogP contribution in [0.1, 0.15) is 36.9 Å². The van der Waals surface area contributed by atoms with Crippen LogP contribution in [0.5, 0.6) is 0 Å². The van der Waals surface area contributed by atoms with E-state index < -0.39 is 0 Å². The van der Waals surface area contributed by atoms with Crippen molar-refractivity contribution in [3.05, 3.63) is 65.5 Å². The van der Waals surface area contributed by atoms with Crippen molar-refractivity contribution in [1.29, 1.82) is 0 Å². The van der Waals surface area contributed by atoms with Gasteiger partial charge in [0.2, 0.25) is 0 Å². The number of rotatable bonds is 3. The van der Waals surface area contributed by atoms with Gasteiger partial charge in [0.15, 0.2) is 0 Å². The Labute approximate surface area is 142 Å². The molecule has 0 bridgehead atoms. The quantitative estimate of drug-likeness (QED) is 0.917. The van der Waals surface area contributed by atoms with Gasteiger partial charge in [-0.05, 0) is 43.5 Å². The zero-order chi connectivity index (χ0) is 16.5. The SMILES string of the molecule is CC(NC1CCCN2Cc3cc(F)ccc3N=C12)c1ccccc1. The highest BCUT2D eigenvalue weighted by Crippen LogP contribution is 2.31. The number of piperidine rings is 1. The molecule has 1 fully saturated rings. The molecule has 1 saturated heterocycles. The lowest BCUT2D eigenvalue weighted by molar-refractivity contribution is 0.317. The number of amidine groups is 1. The topological polar surface area (TPSA) is 27.6 Å². The Morgan fingerprint density at radius 2 is 2.04 bits per heavy atom. The number of benzene rings is 2. The van der Waals surface area contributed by atoms with Crippen LogP contribution in [0.3, 0.4) is 0 Å². The van der Waals surface area contributed by atoms with E-state index in [1.807, 2.05) is 6.07 Å². The molecule has 124 valence electrons. The summed E-state index contributed by atoms with van der Waals surface area (Å²) in [7, 11) is 0. The van der Waals surface area contributed by atoms with E-state index in [2.05, 4.69) is 41.4 Å². The molecule has 0 saturated carbocycles. The standard InChI is InChI=1S/C20H22FN3/c1-14(15-6-3-2-4-7-15)22-19-8-5-11-24-13-16-12-17(21)9-10-18(16)23-20(19)24/h2-4,6-7,9-10,12,14,19,22H,5,8,11,13H2,1H3. The van der Waals surface area contributed by atoms with Gasteiger partial charge >= 0.3 is 0 Å². The van der Waals surface area contributed by atoms with Crippen molar-refractivity contribution >= 4 is 11.5 Å². The van der Waals surface area contributed by atoms with E-state index >= 15 is 0 Å². The van der Waals surface area contributed by atoms with Gasteiger partial charge in [0, 0.05) is 24.7 Å². The van der Waals surface area contributed by atoms with Crippen LogP contribution in [0.2, 0.25) is 0 Å². The maximum absolute atomic E-state index is 13.5. The van der Waals surface area contributed by atoms with Crippen molar-refractivity contribution in [3.63, 3.8) is 0 Å². The number of aliphatic imine (C=N–C) groups is 1. The maximum atomic E-state index is 13.5. The number of nitrogens with one attached hydrogen (secondary N) is 1. The van der Waals surface area contributed by atoms with Crippen LogP contribution in [0.25, 0.3) is 0 Å². The first-order valence-electron chi connectivity index (χ1n) is 8.63. The third-order valence-corrected chi connectivity index (χ3v) is 4.95. The van der Waals surface area contributed by atoms with Gasteiger partial charge < -0.3 is 10.2 Å². The summed E-state index contributed by atoms with van der Waals surface area (Å²) in [4.78, 5) is 7.14. The molecule has 2 heterocycles. The van der Waals surface area contributed by atoms with Crippen molar-refractivity contribution < 1.29 is 4.39 Å². The Kier molecular flexibility index (Phi) is 4.07. The lowest BCUT2D eigenvalue weighted by atomic mass is 9.98. The molecule has 3 nitrogen and oxygen atoms in total. The summed E-state index contributed by atoms with van der Waals surface area (Å²) in [6.07, 6.45) is 2.21. The molecule has 4 heteroatoms. The summed E-state index contributed by atoms with van der Waals surface area (Å²) in [6, 6.07) is 15.9. The van der Waals surface area contributed by atoms with Crippen molar-refractivity contribution in [2.45, 2.75) is 38.4 Å². The molecule has 2 aliphatic rings. The van der Waals surface area contributed by atoms with Crippen molar-refractivity contribution in [1.82, 2.24) is 10.2 Å². The van der Waals surface area contributed by atoms with Gasteiger partial charge in [0.25, 0.3) is 0 Å².